The molecule has 126 valence electrons. The first-order valence-corrected chi connectivity index (χ1v) is 8.39. The van der Waals surface area contributed by atoms with Crippen molar-refractivity contribution in [2.45, 2.75) is 11.8 Å². The van der Waals surface area contributed by atoms with E-state index >= 15 is 0 Å². The number of rotatable bonds is 5. The molecule has 0 heterocycles. The van der Waals surface area contributed by atoms with Crippen LogP contribution in [0, 0.1) is 0 Å². The average molecular weight is 348 g/mol. The molecule has 0 saturated carbocycles. The maximum atomic E-state index is 12.4. The summed E-state index contributed by atoms with van der Waals surface area (Å²) >= 11 is 0. The Morgan fingerprint density at radius 3 is 2.25 bits per heavy atom. The molecule has 2 aromatic carbocycles. The molecule has 0 atom stereocenters. The molecule has 1 amide bonds. The van der Waals surface area contributed by atoms with Crippen LogP contribution >= 0.6 is 0 Å². The van der Waals surface area contributed by atoms with Gasteiger partial charge in [-0.25, -0.2) is 13.2 Å². The number of methoxy groups -OCH3 is 1. The Hall–Kier alpha value is -2.87. The molecular formula is C16H16N2O5S. The van der Waals surface area contributed by atoms with Gasteiger partial charge in [0.1, 0.15) is 0 Å². The van der Waals surface area contributed by atoms with Gasteiger partial charge < -0.3 is 10.1 Å². The topological polar surface area (TPSA) is 102 Å². The number of esters is 1. The van der Waals surface area contributed by atoms with Crippen LogP contribution in [0.1, 0.15) is 17.3 Å². The van der Waals surface area contributed by atoms with Crippen LogP contribution in [0.4, 0.5) is 11.4 Å². The summed E-state index contributed by atoms with van der Waals surface area (Å²) in [6, 6.07) is 11.7. The Labute approximate surface area is 139 Å². The number of hydrogen-bond donors (Lipinski definition) is 2. The standard InChI is InChI=1S/C16H16N2O5S/c1-11(19)17-13-6-8-15(9-7-13)24(21,22)18-14-5-3-4-12(10-14)16(20)23-2/h3-10,18H,1-2H3,(H,17,19). The summed E-state index contributed by atoms with van der Waals surface area (Å²) in [5.74, 6) is -0.806. The Kier molecular flexibility index (Phi) is 5.20. The third kappa shape index (κ3) is 4.32. The molecule has 2 rings (SSSR count). The van der Waals surface area contributed by atoms with Crippen molar-refractivity contribution in [3.05, 3.63) is 54.1 Å². The minimum absolute atomic E-state index is 0.0278. The number of benzene rings is 2. The highest BCUT2D eigenvalue weighted by atomic mass is 32.2. The summed E-state index contributed by atoms with van der Waals surface area (Å²) in [6.07, 6.45) is 0. The van der Waals surface area contributed by atoms with Crippen LogP contribution in [0.25, 0.3) is 0 Å². The Bertz CT molecular complexity index is 860. The fraction of sp³-hybridized carbons (Fsp3) is 0.125. The summed E-state index contributed by atoms with van der Waals surface area (Å²) < 4.78 is 31.7. The van der Waals surface area contributed by atoms with Crippen molar-refractivity contribution in [2.75, 3.05) is 17.1 Å². The van der Waals surface area contributed by atoms with E-state index < -0.39 is 16.0 Å². The van der Waals surface area contributed by atoms with Gasteiger partial charge in [0, 0.05) is 18.3 Å². The third-order valence-electron chi connectivity index (χ3n) is 3.02. The number of carbonyl (C=O) groups is 2. The van der Waals surface area contributed by atoms with E-state index in [1.54, 1.807) is 6.07 Å². The van der Waals surface area contributed by atoms with Crippen LogP contribution in [-0.4, -0.2) is 27.4 Å². The van der Waals surface area contributed by atoms with E-state index in [1.807, 2.05) is 0 Å². The lowest BCUT2D eigenvalue weighted by molar-refractivity contribution is -0.114. The predicted molar refractivity (Wildman–Crippen MR) is 89.3 cm³/mol. The third-order valence-corrected chi connectivity index (χ3v) is 4.42. The van der Waals surface area contributed by atoms with E-state index in [0.717, 1.165) is 0 Å². The van der Waals surface area contributed by atoms with Gasteiger partial charge in [0.15, 0.2) is 0 Å². The fourth-order valence-corrected chi connectivity index (χ4v) is 3.01. The predicted octanol–water partition coefficient (Wildman–Crippen LogP) is 2.23. The van der Waals surface area contributed by atoms with Crippen LogP contribution in [0.3, 0.4) is 0 Å². The number of ether oxygens (including phenoxy) is 1. The molecule has 0 unspecified atom stereocenters. The van der Waals surface area contributed by atoms with Crippen molar-refractivity contribution in [3.63, 3.8) is 0 Å². The summed E-state index contributed by atoms with van der Waals surface area (Å²) in [7, 11) is -2.58. The lowest BCUT2D eigenvalue weighted by Gasteiger charge is -2.10. The monoisotopic (exact) mass is 348 g/mol. The number of amides is 1. The van der Waals surface area contributed by atoms with Crippen LogP contribution < -0.4 is 10.0 Å². The quantitative estimate of drug-likeness (QED) is 0.807. The smallest absolute Gasteiger partial charge is 0.337 e. The molecule has 0 fully saturated rings. The van der Waals surface area contributed by atoms with Crippen LogP contribution in [0.2, 0.25) is 0 Å². The molecule has 0 bridgehead atoms. The second kappa shape index (κ2) is 7.14. The summed E-state index contributed by atoms with van der Waals surface area (Å²) in [5.41, 5.74) is 0.969. The molecule has 0 aliphatic rings. The Morgan fingerprint density at radius 2 is 1.67 bits per heavy atom. The van der Waals surface area contributed by atoms with Crippen molar-refractivity contribution >= 4 is 33.3 Å². The summed E-state index contributed by atoms with van der Waals surface area (Å²) in [6.45, 7) is 1.36. The molecule has 0 aliphatic carbocycles. The van der Waals surface area contributed by atoms with Gasteiger partial charge in [-0.15, -0.1) is 0 Å². The van der Waals surface area contributed by atoms with Gasteiger partial charge in [-0.2, -0.15) is 0 Å². The molecule has 8 heteroatoms. The van der Waals surface area contributed by atoms with E-state index in [2.05, 4.69) is 14.8 Å². The van der Waals surface area contributed by atoms with E-state index in [1.165, 1.54) is 56.5 Å². The molecule has 2 aromatic rings. The Morgan fingerprint density at radius 1 is 1.00 bits per heavy atom. The van der Waals surface area contributed by atoms with Gasteiger partial charge >= 0.3 is 5.97 Å². The van der Waals surface area contributed by atoms with Crippen molar-refractivity contribution in [1.29, 1.82) is 0 Å². The highest BCUT2D eigenvalue weighted by molar-refractivity contribution is 7.92. The number of hydrogen-bond acceptors (Lipinski definition) is 5. The van der Waals surface area contributed by atoms with Gasteiger partial charge in [-0.1, -0.05) is 6.07 Å². The van der Waals surface area contributed by atoms with E-state index in [4.69, 9.17) is 0 Å². The summed E-state index contributed by atoms with van der Waals surface area (Å²) in [4.78, 5) is 22.5. The maximum absolute atomic E-state index is 12.4. The van der Waals surface area contributed by atoms with Crippen molar-refractivity contribution in [3.8, 4) is 0 Å². The first-order valence-electron chi connectivity index (χ1n) is 6.90. The summed E-state index contributed by atoms with van der Waals surface area (Å²) in [5, 5.41) is 2.55. The number of carbonyl (C=O) groups excluding carboxylic acids is 2. The van der Waals surface area contributed by atoms with Crippen LogP contribution in [0.15, 0.2) is 53.4 Å². The first-order chi connectivity index (χ1) is 11.3. The molecule has 0 spiro atoms. The van der Waals surface area contributed by atoms with E-state index in [0.29, 0.717) is 5.69 Å². The lowest BCUT2D eigenvalue weighted by atomic mass is 10.2. The van der Waals surface area contributed by atoms with Crippen LogP contribution in [-0.2, 0) is 19.6 Å². The highest BCUT2D eigenvalue weighted by Crippen LogP contribution is 2.19. The van der Waals surface area contributed by atoms with Crippen molar-refractivity contribution in [2.24, 2.45) is 0 Å². The zero-order valence-electron chi connectivity index (χ0n) is 13.1. The van der Waals surface area contributed by atoms with Gasteiger partial charge in [-0.05, 0) is 42.5 Å². The van der Waals surface area contributed by atoms with Gasteiger partial charge in [0.05, 0.1) is 17.6 Å². The molecule has 0 aromatic heterocycles. The second-order valence-corrected chi connectivity index (χ2v) is 6.57. The van der Waals surface area contributed by atoms with E-state index in [-0.39, 0.29) is 22.1 Å². The minimum Gasteiger partial charge on any atom is -0.465 e. The van der Waals surface area contributed by atoms with Gasteiger partial charge in [-0.3, -0.25) is 9.52 Å². The second-order valence-electron chi connectivity index (χ2n) is 4.88. The minimum atomic E-state index is -3.82. The fourth-order valence-electron chi connectivity index (χ4n) is 1.96. The van der Waals surface area contributed by atoms with E-state index in [9.17, 15) is 18.0 Å². The SMILES string of the molecule is COC(=O)c1cccc(NS(=O)(=O)c2ccc(NC(C)=O)cc2)c1. The largest absolute Gasteiger partial charge is 0.465 e. The molecule has 0 saturated heterocycles. The lowest BCUT2D eigenvalue weighted by Crippen LogP contribution is -2.14. The Balaban J connectivity index is 2.22. The van der Waals surface area contributed by atoms with Crippen LogP contribution in [0.5, 0.6) is 0 Å². The number of nitrogens with one attached hydrogen (secondary N) is 2. The molecular weight excluding hydrogens is 332 g/mol. The number of anilines is 2. The van der Waals surface area contributed by atoms with Gasteiger partial charge in [0.2, 0.25) is 5.91 Å². The first kappa shape index (κ1) is 17.5. The van der Waals surface area contributed by atoms with Crippen molar-refractivity contribution < 1.29 is 22.7 Å². The zero-order chi connectivity index (χ0) is 17.7. The maximum Gasteiger partial charge on any atom is 0.337 e. The molecule has 2 N–H and O–H groups in total. The zero-order valence-corrected chi connectivity index (χ0v) is 13.9. The van der Waals surface area contributed by atoms with Crippen molar-refractivity contribution in [1.82, 2.24) is 0 Å². The molecule has 7 nitrogen and oxygen atoms in total. The molecule has 0 radical (unpaired) electrons. The molecule has 0 aliphatic heterocycles. The average Bonchev–Trinajstić information content (AvgIpc) is 2.54. The van der Waals surface area contributed by atoms with Gasteiger partial charge in [0.25, 0.3) is 10.0 Å². The highest BCUT2D eigenvalue weighted by Gasteiger charge is 2.15. The number of sulfonamides is 1. The molecule has 24 heavy (non-hydrogen) atoms. The normalized spacial score (nSPS) is 10.8.